The number of benzene rings is 3. The Hall–Kier alpha value is -3.23. The van der Waals surface area contributed by atoms with Crippen molar-refractivity contribution in [2.45, 2.75) is 64.7 Å². The highest BCUT2D eigenvalue weighted by molar-refractivity contribution is 6.43. The molecule has 2 atom stereocenters. The summed E-state index contributed by atoms with van der Waals surface area (Å²) < 4.78 is 11.7. The maximum Gasteiger partial charge on any atom is 0.252 e. The number of ether oxygens (including phenoxy) is 2. The van der Waals surface area contributed by atoms with Gasteiger partial charge in [0.15, 0.2) is 0 Å². The normalized spacial score (nSPS) is 19.2. The number of nitrogens with zero attached hydrogens (tertiary/aromatic N) is 2. The van der Waals surface area contributed by atoms with E-state index in [1.54, 1.807) is 19.1 Å². The highest BCUT2D eigenvalue weighted by atomic mass is 35.5. The summed E-state index contributed by atoms with van der Waals surface area (Å²) in [5.41, 5.74) is 6.41. The second-order valence-electron chi connectivity index (χ2n) is 12.4. The van der Waals surface area contributed by atoms with Crippen molar-refractivity contribution in [3.8, 4) is 11.5 Å². The van der Waals surface area contributed by atoms with Crippen LogP contribution in [-0.4, -0.2) is 66.0 Å². The molecule has 6 rings (SSSR count). The number of rotatable bonds is 10. The summed E-state index contributed by atoms with van der Waals surface area (Å²) in [6, 6.07) is 17.4. The van der Waals surface area contributed by atoms with Gasteiger partial charge >= 0.3 is 0 Å². The molecule has 242 valence electrons. The molecule has 1 N–H and O–H groups in total. The van der Waals surface area contributed by atoms with Crippen molar-refractivity contribution in [1.82, 2.24) is 15.1 Å². The Morgan fingerprint density at radius 1 is 0.935 bits per heavy atom. The summed E-state index contributed by atoms with van der Waals surface area (Å²) in [5, 5.41) is 4.79. The maximum atomic E-state index is 14.6. The summed E-state index contributed by atoms with van der Waals surface area (Å²) in [4.78, 5) is 31.0. The largest absolute Gasteiger partial charge is 0.490 e. The van der Waals surface area contributed by atoms with E-state index < -0.39 is 0 Å². The van der Waals surface area contributed by atoms with Crippen molar-refractivity contribution >= 4 is 52.2 Å². The van der Waals surface area contributed by atoms with Crippen LogP contribution in [0.5, 0.6) is 11.5 Å². The van der Waals surface area contributed by atoms with Crippen molar-refractivity contribution in [1.29, 1.82) is 0 Å². The number of hydrogen-bond acceptors (Lipinski definition) is 5. The SMILES string of the molecule is CC(=O)N1CC2CC(c3ccc(OCCOc4cc(Cl)c(Cl)cc4Cl)cc3)=C(C(=O)N(Cc3cccc(C)c3C)C3CC3)C(C1)N2. The number of hydrogen-bond donors (Lipinski definition) is 1. The van der Waals surface area contributed by atoms with Gasteiger partial charge in [0.05, 0.1) is 21.1 Å². The molecule has 46 heavy (non-hydrogen) atoms. The number of carbonyl (C=O) groups is 2. The average Bonchev–Trinajstić information content (AvgIpc) is 3.87. The topological polar surface area (TPSA) is 71.1 Å². The van der Waals surface area contributed by atoms with E-state index in [0.717, 1.165) is 29.6 Å². The molecule has 7 nitrogen and oxygen atoms in total. The number of halogens is 3. The van der Waals surface area contributed by atoms with Crippen LogP contribution in [0.25, 0.3) is 5.57 Å². The molecule has 1 saturated carbocycles. The first kappa shape index (κ1) is 32.7. The third-order valence-corrected chi connectivity index (χ3v) is 10.2. The quantitative estimate of drug-likeness (QED) is 0.180. The van der Waals surface area contributed by atoms with Crippen LogP contribution in [0.4, 0.5) is 0 Å². The minimum absolute atomic E-state index is 0.0353. The van der Waals surface area contributed by atoms with Gasteiger partial charge in [-0.25, -0.2) is 0 Å². The Labute approximate surface area is 285 Å². The zero-order chi connectivity index (χ0) is 32.5. The first-order valence-electron chi connectivity index (χ1n) is 15.7. The number of amides is 2. The highest BCUT2D eigenvalue weighted by Gasteiger charge is 2.43. The number of piperazine rings is 1. The molecule has 2 bridgehead atoms. The number of nitrogens with one attached hydrogen (secondary N) is 1. The molecule has 2 aliphatic heterocycles. The van der Waals surface area contributed by atoms with E-state index in [2.05, 4.69) is 42.3 Å². The zero-order valence-corrected chi connectivity index (χ0v) is 28.5. The van der Waals surface area contributed by atoms with Gasteiger partial charge in [-0.3, -0.25) is 9.59 Å². The van der Waals surface area contributed by atoms with Gasteiger partial charge in [-0.2, -0.15) is 0 Å². The smallest absolute Gasteiger partial charge is 0.252 e. The molecule has 3 aromatic carbocycles. The standard InChI is InChI=1S/C36H38Cl3N3O4/c1-21-5-4-6-25(22(21)2)18-42(27-9-10-27)36(44)35-29(15-26-19-41(23(3)43)20-33(35)40-26)24-7-11-28(12-8-24)45-13-14-46-34-17-31(38)30(37)16-32(34)39/h4-8,11-12,16-17,26-27,33,40H,9-10,13-15,18-20H2,1-3H3. The van der Waals surface area contributed by atoms with Crippen LogP contribution >= 0.6 is 34.8 Å². The molecular formula is C36H38Cl3N3O4. The Bertz CT molecular complexity index is 1670. The highest BCUT2D eigenvalue weighted by Crippen LogP contribution is 2.38. The predicted octanol–water partition coefficient (Wildman–Crippen LogP) is 7.26. The van der Waals surface area contributed by atoms with Crippen molar-refractivity contribution in [3.63, 3.8) is 0 Å². The summed E-state index contributed by atoms with van der Waals surface area (Å²) in [6.07, 6.45) is 2.67. The van der Waals surface area contributed by atoms with E-state index in [1.807, 2.05) is 29.2 Å². The van der Waals surface area contributed by atoms with Gasteiger partial charge in [0.1, 0.15) is 24.7 Å². The fraction of sp³-hybridized carbons (Fsp3) is 0.389. The molecule has 1 saturated heterocycles. The monoisotopic (exact) mass is 681 g/mol. The van der Waals surface area contributed by atoms with Gasteiger partial charge in [0, 0.05) is 50.3 Å². The van der Waals surface area contributed by atoms with Crippen molar-refractivity contribution in [3.05, 3.63) is 97.5 Å². The molecule has 10 heteroatoms. The van der Waals surface area contributed by atoms with Gasteiger partial charge in [0.2, 0.25) is 5.91 Å². The molecule has 0 spiro atoms. The van der Waals surface area contributed by atoms with Crippen LogP contribution in [0.15, 0.2) is 60.2 Å². The van der Waals surface area contributed by atoms with E-state index in [4.69, 9.17) is 44.3 Å². The Balaban J connectivity index is 1.23. The molecule has 0 radical (unpaired) electrons. The van der Waals surface area contributed by atoms with Gasteiger partial charge in [0.25, 0.3) is 5.91 Å². The van der Waals surface area contributed by atoms with Crippen LogP contribution in [0.3, 0.4) is 0 Å². The van der Waals surface area contributed by atoms with Gasteiger partial charge in [-0.05, 0) is 79.1 Å². The average molecular weight is 683 g/mol. The van der Waals surface area contributed by atoms with E-state index in [9.17, 15) is 9.59 Å². The Morgan fingerprint density at radius 2 is 1.65 bits per heavy atom. The fourth-order valence-corrected chi connectivity index (χ4v) is 6.97. The van der Waals surface area contributed by atoms with Crippen molar-refractivity contribution < 1.29 is 19.1 Å². The lowest BCUT2D eigenvalue weighted by molar-refractivity contribution is -0.132. The Morgan fingerprint density at radius 3 is 2.37 bits per heavy atom. The molecule has 2 fully saturated rings. The van der Waals surface area contributed by atoms with E-state index in [0.29, 0.717) is 59.2 Å². The molecule has 2 amide bonds. The predicted molar refractivity (Wildman–Crippen MR) is 183 cm³/mol. The molecular weight excluding hydrogens is 645 g/mol. The third kappa shape index (κ3) is 7.18. The second-order valence-corrected chi connectivity index (χ2v) is 13.6. The lowest BCUT2D eigenvalue weighted by atomic mass is 9.82. The zero-order valence-electron chi connectivity index (χ0n) is 26.2. The minimum atomic E-state index is -0.236. The van der Waals surface area contributed by atoms with Crippen LogP contribution in [0.1, 0.15) is 48.4 Å². The van der Waals surface area contributed by atoms with Crippen molar-refractivity contribution in [2.75, 3.05) is 26.3 Å². The Kier molecular flexibility index (Phi) is 9.85. The molecule has 0 aromatic heterocycles. The molecule has 1 aliphatic carbocycles. The number of aryl methyl sites for hydroxylation is 1. The van der Waals surface area contributed by atoms with Crippen LogP contribution in [-0.2, 0) is 16.1 Å². The second kappa shape index (κ2) is 13.9. The first-order chi connectivity index (χ1) is 22.1. The first-order valence-corrected chi connectivity index (χ1v) is 16.8. The lowest BCUT2D eigenvalue weighted by Crippen LogP contribution is -2.61. The summed E-state index contributed by atoms with van der Waals surface area (Å²) in [6.45, 7) is 8.07. The maximum absolute atomic E-state index is 14.6. The minimum Gasteiger partial charge on any atom is -0.490 e. The molecule has 2 heterocycles. The third-order valence-electron chi connectivity index (χ3n) is 9.17. The summed E-state index contributed by atoms with van der Waals surface area (Å²) in [5.74, 6) is 1.22. The van der Waals surface area contributed by atoms with Crippen molar-refractivity contribution in [2.24, 2.45) is 0 Å². The van der Waals surface area contributed by atoms with E-state index in [-0.39, 0.29) is 36.5 Å². The van der Waals surface area contributed by atoms with Crippen LogP contribution < -0.4 is 14.8 Å². The molecule has 3 aromatic rings. The lowest BCUT2D eigenvalue weighted by Gasteiger charge is -2.44. The summed E-state index contributed by atoms with van der Waals surface area (Å²) in [7, 11) is 0. The number of fused-ring (bicyclic) bond motifs is 2. The van der Waals surface area contributed by atoms with Gasteiger partial charge in [-0.15, -0.1) is 0 Å². The van der Waals surface area contributed by atoms with Crippen LogP contribution in [0.2, 0.25) is 15.1 Å². The number of carbonyl (C=O) groups excluding carboxylic acids is 2. The van der Waals surface area contributed by atoms with E-state index in [1.165, 1.54) is 16.7 Å². The fourth-order valence-electron chi connectivity index (χ4n) is 6.38. The molecule has 3 aliphatic rings. The van der Waals surface area contributed by atoms with Crippen LogP contribution in [0, 0.1) is 13.8 Å². The van der Waals surface area contributed by atoms with Gasteiger partial charge in [-0.1, -0.05) is 65.1 Å². The van der Waals surface area contributed by atoms with Gasteiger partial charge < -0.3 is 24.6 Å². The van der Waals surface area contributed by atoms with E-state index >= 15 is 0 Å². The molecule has 2 unspecified atom stereocenters. The summed E-state index contributed by atoms with van der Waals surface area (Å²) >= 11 is 18.3.